The van der Waals surface area contributed by atoms with E-state index >= 15 is 8.78 Å². The molecule has 0 aromatic heterocycles. The molecule has 1 aliphatic carbocycles. The Morgan fingerprint density at radius 2 is 1.69 bits per heavy atom. The third-order valence-electron chi connectivity index (χ3n) is 7.02. The third-order valence-corrected chi connectivity index (χ3v) is 7.02. The van der Waals surface area contributed by atoms with Gasteiger partial charge in [-0.05, 0) is 38.0 Å². The van der Waals surface area contributed by atoms with E-state index in [1.54, 1.807) is 23.1 Å². The minimum atomic E-state index is -3.23. The van der Waals surface area contributed by atoms with E-state index in [-0.39, 0.29) is 30.4 Å². The van der Waals surface area contributed by atoms with Crippen LogP contribution in [0, 0.1) is 5.41 Å². The van der Waals surface area contributed by atoms with Crippen molar-refractivity contribution in [2.24, 2.45) is 5.41 Å². The molecule has 1 heterocycles. The number of benzene rings is 1. The first-order valence-corrected chi connectivity index (χ1v) is 11.8. The molecule has 32 heavy (non-hydrogen) atoms. The lowest BCUT2D eigenvalue weighted by atomic mass is 9.74. The van der Waals surface area contributed by atoms with Gasteiger partial charge in [0.1, 0.15) is 11.6 Å². The van der Waals surface area contributed by atoms with Crippen molar-refractivity contribution in [3.63, 3.8) is 0 Å². The van der Waals surface area contributed by atoms with Gasteiger partial charge in [0.25, 0.3) is 5.92 Å². The van der Waals surface area contributed by atoms with Crippen LogP contribution in [0.3, 0.4) is 0 Å². The van der Waals surface area contributed by atoms with Crippen molar-refractivity contribution in [3.05, 3.63) is 35.9 Å². The Hall–Kier alpha value is -2.18. The number of rotatable bonds is 5. The molecule has 2 fully saturated rings. The highest BCUT2D eigenvalue weighted by molar-refractivity contribution is 5.88. The van der Waals surface area contributed by atoms with E-state index in [0.717, 1.165) is 19.3 Å². The lowest BCUT2D eigenvalue weighted by Gasteiger charge is -2.44. The second-order valence-electron chi connectivity index (χ2n) is 10.5. The zero-order valence-electron chi connectivity index (χ0n) is 19.7. The van der Waals surface area contributed by atoms with Gasteiger partial charge in [0, 0.05) is 18.2 Å². The molecule has 0 bridgehead atoms. The summed E-state index contributed by atoms with van der Waals surface area (Å²) in [5.41, 5.74) is -2.34. The summed E-state index contributed by atoms with van der Waals surface area (Å²) in [5, 5.41) is 5.43. The summed E-state index contributed by atoms with van der Waals surface area (Å²) in [4.78, 5) is 28.2. The average molecular weight is 450 g/mol. The molecule has 5 nitrogen and oxygen atoms in total. The molecule has 2 aliphatic rings. The number of likely N-dealkylation sites (tertiary alicyclic amines) is 1. The molecule has 0 radical (unpaired) electrons. The Morgan fingerprint density at radius 1 is 1.06 bits per heavy atom. The van der Waals surface area contributed by atoms with Gasteiger partial charge in [0.05, 0.1) is 0 Å². The summed E-state index contributed by atoms with van der Waals surface area (Å²) >= 11 is 0. The number of carbonyl (C=O) groups excluding carboxylic acids is 2. The fourth-order valence-corrected chi connectivity index (χ4v) is 5.06. The van der Waals surface area contributed by atoms with Crippen molar-refractivity contribution >= 4 is 11.9 Å². The SMILES string of the molecule is C[C@@H]1CCCN1C(=O)C(NC(=O)NC1(C(F)(F)c2ccccc2)CCCCC1)C(C)(C)C. The number of hydrogen-bond acceptors (Lipinski definition) is 2. The minimum absolute atomic E-state index is 0.100. The summed E-state index contributed by atoms with van der Waals surface area (Å²) in [5.74, 6) is -3.37. The van der Waals surface area contributed by atoms with Crippen LogP contribution in [-0.4, -0.2) is 41.0 Å². The monoisotopic (exact) mass is 449 g/mol. The number of nitrogens with zero attached hydrogens (tertiary/aromatic N) is 1. The topological polar surface area (TPSA) is 61.4 Å². The summed E-state index contributed by atoms with van der Waals surface area (Å²) in [6.45, 7) is 8.30. The van der Waals surface area contributed by atoms with Crippen LogP contribution in [0.4, 0.5) is 13.6 Å². The van der Waals surface area contributed by atoms with Crippen molar-refractivity contribution in [2.75, 3.05) is 6.54 Å². The highest BCUT2D eigenvalue weighted by Gasteiger charge is 2.56. The quantitative estimate of drug-likeness (QED) is 0.649. The van der Waals surface area contributed by atoms with Gasteiger partial charge < -0.3 is 15.5 Å². The van der Waals surface area contributed by atoms with Crippen molar-refractivity contribution < 1.29 is 18.4 Å². The van der Waals surface area contributed by atoms with Gasteiger partial charge >= 0.3 is 6.03 Å². The van der Waals surface area contributed by atoms with E-state index in [2.05, 4.69) is 10.6 Å². The molecular weight excluding hydrogens is 412 g/mol. The highest BCUT2D eigenvalue weighted by atomic mass is 19.3. The summed E-state index contributed by atoms with van der Waals surface area (Å²) in [6, 6.07) is 6.31. The number of urea groups is 1. The van der Waals surface area contributed by atoms with Crippen LogP contribution in [0.15, 0.2) is 30.3 Å². The number of alkyl halides is 2. The molecular formula is C25H37F2N3O2. The van der Waals surface area contributed by atoms with Crippen LogP contribution in [0.1, 0.15) is 78.2 Å². The van der Waals surface area contributed by atoms with E-state index in [1.807, 2.05) is 27.7 Å². The maximum absolute atomic E-state index is 15.8. The normalized spacial score (nSPS) is 22.3. The van der Waals surface area contributed by atoms with Crippen LogP contribution in [-0.2, 0) is 10.7 Å². The molecule has 1 unspecified atom stereocenters. The van der Waals surface area contributed by atoms with Crippen LogP contribution in [0.2, 0.25) is 0 Å². The van der Waals surface area contributed by atoms with Crippen molar-refractivity contribution in [2.45, 2.75) is 96.2 Å². The maximum atomic E-state index is 15.8. The van der Waals surface area contributed by atoms with E-state index in [1.165, 1.54) is 12.1 Å². The van der Waals surface area contributed by atoms with Gasteiger partial charge in [0.2, 0.25) is 5.91 Å². The molecule has 1 aromatic rings. The molecule has 2 atom stereocenters. The smallest absolute Gasteiger partial charge is 0.316 e. The zero-order chi connectivity index (χ0) is 23.6. The number of nitrogens with one attached hydrogen (secondary N) is 2. The molecule has 178 valence electrons. The number of halogens is 2. The van der Waals surface area contributed by atoms with E-state index in [0.29, 0.717) is 19.4 Å². The number of amides is 3. The molecule has 1 aliphatic heterocycles. The molecule has 7 heteroatoms. The Kier molecular flexibility index (Phi) is 7.15. The number of carbonyl (C=O) groups is 2. The van der Waals surface area contributed by atoms with Gasteiger partial charge in [-0.2, -0.15) is 8.78 Å². The first kappa shape index (κ1) is 24.5. The van der Waals surface area contributed by atoms with Gasteiger partial charge in [-0.1, -0.05) is 70.4 Å². The molecule has 0 spiro atoms. The first-order chi connectivity index (χ1) is 15.0. The fourth-order valence-electron chi connectivity index (χ4n) is 5.06. The van der Waals surface area contributed by atoms with Gasteiger partial charge in [0.15, 0.2) is 0 Å². The van der Waals surface area contributed by atoms with Crippen LogP contribution >= 0.6 is 0 Å². The van der Waals surface area contributed by atoms with Crippen molar-refractivity contribution in [1.82, 2.24) is 15.5 Å². The summed E-state index contributed by atoms with van der Waals surface area (Å²) < 4.78 is 31.5. The van der Waals surface area contributed by atoms with Crippen LogP contribution < -0.4 is 10.6 Å². The van der Waals surface area contributed by atoms with E-state index < -0.39 is 28.9 Å². The zero-order valence-corrected chi connectivity index (χ0v) is 19.7. The second kappa shape index (κ2) is 9.36. The summed E-state index contributed by atoms with van der Waals surface area (Å²) in [6.07, 6.45) is 4.36. The van der Waals surface area contributed by atoms with Crippen molar-refractivity contribution in [3.8, 4) is 0 Å². The maximum Gasteiger partial charge on any atom is 0.316 e. The lowest BCUT2D eigenvalue weighted by Crippen LogP contribution is -2.65. The predicted octanol–water partition coefficient (Wildman–Crippen LogP) is 5.21. The van der Waals surface area contributed by atoms with Crippen molar-refractivity contribution in [1.29, 1.82) is 0 Å². The molecule has 3 rings (SSSR count). The standard InChI is InChI=1S/C25H37F2N3O2/c1-18-12-11-17-30(18)21(31)20(23(2,3)4)28-22(32)29-24(15-9-6-10-16-24)25(26,27)19-13-7-5-8-14-19/h5,7-8,13-14,18,20H,6,9-12,15-17H2,1-4H3,(H2,28,29,32)/t18-,20?/m1/s1. The largest absolute Gasteiger partial charge is 0.338 e. The summed E-state index contributed by atoms with van der Waals surface area (Å²) in [7, 11) is 0. The van der Waals surface area contributed by atoms with Crippen LogP contribution in [0.25, 0.3) is 0 Å². The second-order valence-corrected chi connectivity index (χ2v) is 10.5. The third kappa shape index (κ3) is 4.91. The van der Waals surface area contributed by atoms with Gasteiger partial charge in [-0.15, -0.1) is 0 Å². The Balaban J connectivity index is 1.83. The fraction of sp³-hybridized carbons (Fsp3) is 0.680. The van der Waals surface area contributed by atoms with Crippen LogP contribution in [0.5, 0.6) is 0 Å². The molecule has 1 saturated carbocycles. The average Bonchev–Trinajstić information content (AvgIpc) is 3.18. The molecule has 2 N–H and O–H groups in total. The Bertz CT molecular complexity index is 801. The predicted molar refractivity (Wildman–Crippen MR) is 121 cm³/mol. The lowest BCUT2D eigenvalue weighted by molar-refractivity contribution is -0.136. The molecule has 1 aromatic carbocycles. The first-order valence-electron chi connectivity index (χ1n) is 11.8. The Labute approximate surface area is 190 Å². The highest BCUT2D eigenvalue weighted by Crippen LogP contribution is 2.47. The van der Waals surface area contributed by atoms with Gasteiger partial charge in [-0.3, -0.25) is 4.79 Å². The van der Waals surface area contributed by atoms with Gasteiger partial charge in [-0.25, -0.2) is 4.79 Å². The molecule has 1 saturated heterocycles. The van der Waals surface area contributed by atoms with E-state index in [4.69, 9.17) is 0 Å². The minimum Gasteiger partial charge on any atom is -0.338 e. The Morgan fingerprint density at radius 3 is 2.22 bits per heavy atom. The number of hydrogen-bond donors (Lipinski definition) is 2. The molecule has 3 amide bonds. The van der Waals surface area contributed by atoms with E-state index in [9.17, 15) is 9.59 Å².